The van der Waals surface area contributed by atoms with Crippen LogP contribution in [0.5, 0.6) is 0 Å². The van der Waals surface area contributed by atoms with Gasteiger partial charge in [0.25, 0.3) is 0 Å². The van der Waals surface area contributed by atoms with E-state index in [0.29, 0.717) is 0 Å². The van der Waals surface area contributed by atoms with E-state index in [1.165, 1.54) is 29.7 Å². The Morgan fingerprint density at radius 1 is 1.26 bits per heavy atom. The average molecular weight is 367 g/mol. The van der Waals surface area contributed by atoms with Crippen molar-refractivity contribution in [2.75, 3.05) is 13.1 Å². The van der Waals surface area contributed by atoms with E-state index in [1.807, 2.05) is 17.2 Å². The molecular formula is C22H30N4O. The number of hydrogen-bond acceptors (Lipinski definition) is 2. The van der Waals surface area contributed by atoms with Gasteiger partial charge in [0, 0.05) is 24.3 Å². The lowest BCUT2D eigenvalue weighted by Gasteiger charge is -2.29. The van der Waals surface area contributed by atoms with E-state index < -0.39 is 0 Å². The van der Waals surface area contributed by atoms with Crippen LogP contribution in [0.25, 0.3) is 0 Å². The molecule has 0 saturated heterocycles. The van der Waals surface area contributed by atoms with Crippen LogP contribution in [0.1, 0.15) is 61.9 Å². The van der Waals surface area contributed by atoms with Gasteiger partial charge < -0.3 is 10.2 Å². The van der Waals surface area contributed by atoms with E-state index in [1.54, 1.807) is 0 Å². The van der Waals surface area contributed by atoms with Gasteiger partial charge in [-0.25, -0.2) is 4.79 Å². The summed E-state index contributed by atoms with van der Waals surface area (Å²) in [7, 11) is 0. The molecule has 4 rings (SSSR count). The molecular weight excluding hydrogens is 336 g/mol. The van der Waals surface area contributed by atoms with Gasteiger partial charge in [-0.2, -0.15) is 5.10 Å². The van der Waals surface area contributed by atoms with Crippen LogP contribution in [0.2, 0.25) is 0 Å². The van der Waals surface area contributed by atoms with Crippen molar-refractivity contribution < 1.29 is 4.79 Å². The van der Waals surface area contributed by atoms with Crippen molar-refractivity contribution in [3.05, 3.63) is 53.3 Å². The number of fused-ring (bicyclic) bond motifs is 1. The van der Waals surface area contributed by atoms with Gasteiger partial charge in [-0.1, -0.05) is 37.3 Å². The van der Waals surface area contributed by atoms with Gasteiger partial charge in [0.2, 0.25) is 0 Å². The molecule has 5 heteroatoms. The van der Waals surface area contributed by atoms with Crippen LogP contribution in [0.3, 0.4) is 0 Å². The second kappa shape index (κ2) is 8.15. The van der Waals surface area contributed by atoms with E-state index >= 15 is 0 Å². The Morgan fingerprint density at radius 2 is 2.07 bits per heavy atom. The lowest BCUT2D eigenvalue weighted by molar-refractivity contribution is 0.189. The summed E-state index contributed by atoms with van der Waals surface area (Å²) in [5, 5.41) is 7.95. The molecule has 1 fully saturated rings. The standard InChI is InChI=1S/C22H30N4O/c1-2-13-25(15-18-11-12-18)22(27)24-20-9-6-10-21-19(20)14-23-26(21)16-17-7-4-3-5-8-17/h3-5,7-8,14,18,20H,2,6,9-13,15-16H2,1H3,(H,24,27). The Bertz CT molecular complexity index is 766. The molecule has 1 heterocycles. The molecule has 0 radical (unpaired) electrons. The summed E-state index contributed by atoms with van der Waals surface area (Å²) >= 11 is 0. The molecule has 1 aromatic heterocycles. The molecule has 0 aliphatic heterocycles. The maximum absolute atomic E-state index is 12.9. The summed E-state index contributed by atoms with van der Waals surface area (Å²) in [6, 6.07) is 10.6. The minimum Gasteiger partial charge on any atom is -0.331 e. The second-order valence-corrected chi connectivity index (χ2v) is 7.97. The normalized spacial score (nSPS) is 18.8. The maximum atomic E-state index is 12.9. The van der Waals surface area contributed by atoms with Crippen LogP contribution in [-0.4, -0.2) is 33.8 Å². The lowest BCUT2D eigenvalue weighted by atomic mass is 9.93. The van der Waals surface area contributed by atoms with Gasteiger partial charge in [0.1, 0.15) is 0 Å². The number of carbonyl (C=O) groups excluding carboxylic acids is 1. The molecule has 2 aromatic rings. The largest absolute Gasteiger partial charge is 0.331 e. The first-order valence-electron chi connectivity index (χ1n) is 10.4. The predicted molar refractivity (Wildman–Crippen MR) is 107 cm³/mol. The smallest absolute Gasteiger partial charge is 0.317 e. The summed E-state index contributed by atoms with van der Waals surface area (Å²) < 4.78 is 2.11. The molecule has 27 heavy (non-hydrogen) atoms. The quantitative estimate of drug-likeness (QED) is 0.801. The van der Waals surface area contributed by atoms with E-state index in [4.69, 9.17) is 0 Å². The van der Waals surface area contributed by atoms with Crippen molar-refractivity contribution in [1.82, 2.24) is 20.0 Å². The highest BCUT2D eigenvalue weighted by molar-refractivity contribution is 5.75. The zero-order chi connectivity index (χ0) is 18.6. The Hall–Kier alpha value is -2.30. The van der Waals surface area contributed by atoms with Crippen molar-refractivity contribution in [2.24, 2.45) is 5.92 Å². The SMILES string of the molecule is CCCN(CC1CC1)C(=O)NC1CCCc2c1cnn2Cc1ccccc1. The molecule has 1 unspecified atom stereocenters. The van der Waals surface area contributed by atoms with Crippen LogP contribution >= 0.6 is 0 Å². The lowest BCUT2D eigenvalue weighted by Crippen LogP contribution is -2.43. The summed E-state index contributed by atoms with van der Waals surface area (Å²) in [6.45, 7) is 4.68. The highest BCUT2D eigenvalue weighted by Crippen LogP contribution is 2.32. The highest BCUT2D eigenvalue weighted by atomic mass is 16.2. The Labute approximate surface area is 161 Å². The molecule has 2 aliphatic carbocycles. The van der Waals surface area contributed by atoms with Crippen molar-refractivity contribution in [2.45, 2.75) is 58.0 Å². The predicted octanol–water partition coefficient (Wildman–Crippen LogP) is 4.14. The Balaban J connectivity index is 1.45. The zero-order valence-corrected chi connectivity index (χ0v) is 16.2. The topological polar surface area (TPSA) is 50.2 Å². The van der Waals surface area contributed by atoms with Crippen molar-refractivity contribution in [1.29, 1.82) is 0 Å². The molecule has 0 spiro atoms. The maximum Gasteiger partial charge on any atom is 0.317 e. The molecule has 0 bridgehead atoms. The summed E-state index contributed by atoms with van der Waals surface area (Å²) in [5.74, 6) is 0.720. The number of amides is 2. The fourth-order valence-electron chi connectivity index (χ4n) is 4.06. The van der Waals surface area contributed by atoms with Crippen molar-refractivity contribution >= 4 is 6.03 Å². The molecule has 1 atom stereocenters. The summed E-state index contributed by atoms with van der Waals surface area (Å²) in [6.07, 6.45) is 8.64. The number of urea groups is 1. The van der Waals surface area contributed by atoms with E-state index in [9.17, 15) is 4.79 Å². The fourth-order valence-corrected chi connectivity index (χ4v) is 4.06. The third kappa shape index (κ3) is 4.34. The zero-order valence-electron chi connectivity index (χ0n) is 16.2. The van der Waals surface area contributed by atoms with Crippen LogP contribution < -0.4 is 5.32 Å². The Kier molecular flexibility index (Phi) is 5.46. The summed E-state index contributed by atoms with van der Waals surface area (Å²) in [5.41, 5.74) is 3.74. The number of hydrogen-bond donors (Lipinski definition) is 1. The monoisotopic (exact) mass is 366 g/mol. The molecule has 1 aromatic carbocycles. The molecule has 1 saturated carbocycles. The van der Waals surface area contributed by atoms with Gasteiger partial charge in [0.05, 0.1) is 18.8 Å². The first-order chi connectivity index (χ1) is 13.2. The first kappa shape index (κ1) is 18.1. The van der Waals surface area contributed by atoms with E-state index in [-0.39, 0.29) is 12.1 Å². The first-order valence-corrected chi connectivity index (χ1v) is 10.4. The molecule has 144 valence electrons. The van der Waals surface area contributed by atoms with Crippen LogP contribution in [0.15, 0.2) is 36.5 Å². The molecule has 2 aliphatic rings. The number of carbonyl (C=O) groups is 1. The molecule has 1 N–H and O–H groups in total. The second-order valence-electron chi connectivity index (χ2n) is 7.97. The third-order valence-electron chi connectivity index (χ3n) is 5.69. The molecule has 2 amide bonds. The van der Waals surface area contributed by atoms with Crippen LogP contribution in [0, 0.1) is 5.92 Å². The summed E-state index contributed by atoms with van der Waals surface area (Å²) in [4.78, 5) is 14.9. The average Bonchev–Trinajstić information content (AvgIpc) is 3.41. The molecule has 5 nitrogen and oxygen atoms in total. The number of rotatable bonds is 7. The van der Waals surface area contributed by atoms with E-state index in [2.05, 4.69) is 46.3 Å². The number of aromatic nitrogens is 2. The van der Waals surface area contributed by atoms with Gasteiger partial charge in [-0.3, -0.25) is 4.68 Å². The number of nitrogens with one attached hydrogen (secondary N) is 1. The van der Waals surface area contributed by atoms with Crippen LogP contribution in [-0.2, 0) is 13.0 Å². The van der Waals surface area contributed by atoms with Crippen molar-refractivity contribution in [3.8, 4) is 0 Å². The Morgan fingerprint density at radius 3 is 2.81 bits per heavy atom. The number of nitrogens with zero attached hydrogens (tertiary/aromatic N) is 3. The third-order valence-corrected chi connectivity index (χ3v) is 5.69. The van der Waals surface area contributed by atoms with Crippen LogP contribution in [0.4, 0.5) is 4.79 Å². The highest BCUT2D eigenvalue weighted by Gasteiger charge is 2.30. The van der Waals surface area contributed by atoms with Gasteiger partial charge in [0.15, 0.2) is 0 Å². The van der Waals surface area contributed by atoms with Crippen molar-refractivity contribution in [3.63, 3.8) is 0 Å². The minimum atomic E-state index is 0.0873. The van der Waals surface area contributed by atoms with Gasteiger partial charge in [-0.15, -0.1) is 0 Å². The fraction of sp³-hybridized carbons (Fsp3) is 0.545. The van der Waals surface area contributed by atoms with Gasteiger partial charge >= 0.3 is 6.03 Å². The minimum absolute atomic E-state index is 0.0873. The number of benzene rings is 1. The van der Waals surface area contributed by atoms with E-state index in [0.717, 1.165) is 51.2 Å². The van der Waals surface area contributed by atoms with Gasteiger partial charge in [-0.05, 0) is 50.0 Å².